The lowest BCUT2D eigenvalue weighted by Gasteiger charge is -2.10. The standard InChI is InChI=1S/C25H19N3O2/c26-25-24-20(7-3-9-22(24)27-28-25)17-10-11-19-16(14-17)5-2-8-21(19)23(30)13-15-4-1-6-18(29)12-15/h1-12,14,29H,13H2,(H3,26,27,28). The molecule has 0 saturated heterocycles. The van der Waals surface area contributed by atoms with Crippen LogP contribution < -0.4 is 5.73 Å². The number of fused-ring (bicyclic) bond motifs is 2. The molecule has 30 heavy (non-hydrogen) atoms. The number of rotatable bonds is 4. The fraction of sp³-hybridized carbons (Fsp3) is 0.0400. The van der Waals surface area contributed by atoms with Crippen LogP contribution in [0.15, 0.2) is 78.9 Å². The number of aromatic hydroxyl groups is 1. The van der Waals surface area contributed by atoms with Gasteiger partial charge in [0.05, 0.1) is 10.9 Å². The van der Waals surface area contributed by atoms with Crippen LogP contribution in [0.2, 0.25) is 0 Å². The number of carbonyl (C=O) groups excluding carboxylic acids is 1. The Morgan fingerprint density at radius 1 is 0.967 bits per heavy atom. The van der Waals surface area contributed by atoms with Crippen LogP contribution in [-0.2, 0) is 6.42 Å². The second-order valence-electron chi connectivity index (χ2n) is 7.35. The van der Waals surface area contributed by atoms with Crippen LogP contribution in [0.1, 0.15) is 15.9 Å². The maximum atomic E-state index is 13.0. The summed E-state index contributed by atoms with van der Waals surface area (Å²) in [6, 6.07) is 24.6. The number of anilines is 1. The van der Waals surface area contributed by atoms with E-state index < -0.39 is 0 Å². The van der Waals surface area contributed by atoms with E-state index in [2.05, 4.69) is 16.3 Å². The summed E-state index contributed by atoms with van der Waals surface area (Å²) in [6.07, 6.45) is 0.236. The van der Waals surface area contributed by atoms with Crippen molar-refractivity contribution in [1.29, 1.82) is 0 Å². The molecular formula is C25H19N3O2. The summed E-state index contributed by atoms with van der Waals surface area (Å²) in [5.41, 5.74) is 10.4. The van der Waals surface area contributed by atoms with Gasteiger partial charge in [-0.05, 0) is 51.7 Å². The summed E-state index contributed by atoms with van der Waals surface area (Å²) in [4.78, 5) is 13.0. The molecule has 0 aliphatic carbocycles. The Kier molecular flexibility index (Phi) is 4.21. The average molecular weight is 393 g/mol. The number of hydrogen-bond acceptors (Lipinski definition) is 4. The molecule has 4 aromatic carbocycles. The molecule has 0 atom stereocenters. The summed E-state index contributed by atoms with van der Waals surface area (Å²) in [7, 11) is 0. The van der Waals surface area contributed by atoms with Crippen LogP contribution in [0.5, 0.6) is 5.75 Å². The molecule has 0 bridgehead atoms. The van der Waals surface area contributed by atoms with Crippen molar-refractivity contribution in [2.24, 2.45) is 0 Å². The number of nitrogens with one attached hydrogen (secondary N) is 1. The van der Waals surface area contributed by atoms with Gasteiger partial charge in [-0.25, -0.2) is 0 Å². The van der Waals surface area contributed by atoms with E-state index in [0.717, 1.165) is 38.4 Å². The van der Waals surface area contributed by atoms with Crippen LogP contribution in [-0.4, -0.2) is 21.1 Å². The minimum absolute atomic E-state index is 0.0140. The minimum Gasteiger partial charge on any atom is -0.508 e. The van der Waals surface area contributed by atoms with Crippen LogP contribution in [0.4, 0.5) is 5.82 Å². The Labute approximate surface area is 172 Å². The molecule has 5 aromatic rings. The molecule has 0 aliphatic rings. The zero-order valence-corrected chi connectivity index (χ0v) is 16.1. The number of ketones is 1. The van der Waals surface area contributed by atoms with Gasteiger partial charge in [0.2, 0.25) is 0 Å². The maximum Gasteiger partial charge on any atom is 0.167 e. The van der Waals surface area contributed by atoms with E-state index in [1.54, 1.807) is 18.2 Å². The summed E-state index contributed by atoms with van der Waals surface area (Å²) in [6.45, 7) is 0. The van der Waals surface area contributed by atoms with Crippen molar-refractivity contribution < 1.29 is 9.90 Å². The Hall–Kier alpha value is -4.12. The number of aromatic amines is 1. The third kappa shape index (κ3) is 3.06. The van der Waals surface area contributed by atoms with Gasteiger partial charge in [-0.1, -0.05) is 54.6 Å². The van der Waals surface area contributed by atoms with Crippen molar-refractivity contribution in [3.8, 4) is 16.9 Å². The number of benzene rings is 4. The lowest BCUT2D eigenvalue weighted by molar-refractivity contribution is 0.0994. The molecule has 0 unspecified atom stereocenters. The average Bonchev–Trinajstić information content (AvgIpc) is 3.14. The number of aromatic nitrogens is 2. The van der Waals surface area contributed by atoms with Crippen molar-refractivity contribution in [3.63, 3.8) is 0 Å². The summed E-state index contributed by atoms with van der Waals surface area (Å²) in [5, 5.41) is 19.5. The summed E-state index contributed by atoms with van der Waals surface area (Å²) < 4.78 is 0. The minimum atomic E-state index is 0.0140. The topological polar surface area (TPSA) is 92.0 Å². The molecule has 5 heteroatoms. The van der Waals surface area contributed by atoms with Gasteiger partial charge in [-0.3, -0.25) is 9.89 Å². The maximum absolute atomic E-state index is 13.0. The van der Waals surface area contributed by atoms with Crippen molar-refractivity contribution in [2.75, 3.05) is 5.73 Å². The molecule has 0 saturated carbocycles. The van der Waals surface area contributed by atoms with Crippen LogP contribution >= 0.6 is 0 Å². The highest BCUT2D eigenvalue weighted by molar-refractivity contribution is 6.10. The van der Waals surface area contributed by atoms with E-state index in [1.165, 1.54) is 0 Å². The van der Waals surface area contributed by atoms with E-state index in [4.69, 9.17) is 5.73 Å². The fourth-order valence-electron chi connectivity index (χ4n) is 3.98. The first kappa shape index (κ1) is 17.9. The lowest BCUT2D eigenvalue weighted by atomic mass is 9.94. The van der Waals surface area contributed by atoms with E-state index in [1.807, 2.05) is 54.6 Å². The van der Waals surface area contributed by atoms with E-state index in [9.17, 15) is 9.90 Å². The number of Topliss-reactive ketones (excluding diaryl/α,β-unsaturated/α-hetero) is 1. The number of nitrogen functional groups attached to an aromatic ring is 1. The Morgan fingerprint density at radius 3 is 2.67 bits per heavy atom. The number of nitrogens with two attached hydrogens (primary N) is 1. The number of H-pyrrole nitrogens is 1. The number of hydrogen-bond donors (Lipinski definition) is 3. The zero-order chi connectivity index (χ0) is 20.7. The molecule has 5 rings (SSSR count). The van der Waals surface area contributed by atoms with E-state index in [-0.39, 0.29) is 18.0 Å². The molecule has 146 valence electrons. The SMILES string of the molecule is Nc1n[nH]c2cccc(-c3ccc4c(C(=O)Cc5cccc(O)c5)cccc4c3)c12. The van der Waals surface area contributed by atoms with E-state index >= 15 is 0 Å². The molecule has 5 nitrogen and oxygen atoms in total. The van der Waals surface area contributed by atoms with Gasteiger partial charge in [-0.2, -0.15) is 5.10 Å². The molecule has 0 aliphatic heterocycles. The Morgan fingerprint density at radius 2 is 1.80 bits per heavy atom. The molecule has 0 radical (unpaired) electrons. The molecule has 4 N–H and O–H groups in total. The first-order valence-electron chi connectivity index (χ1n) is 9.67. The number of phenols is 1. The highest BCUT2D eigenvalue weighted by Crippen LogP contribution is 2.33. The number of phenolic OH excluding ortho intramolecular Hbond substituents is 1. The van der Waals surface area contributed by atoms with Gasteiger partial charge in [0.1, 0.15) is 5.75 Å². The number of nitrogens with zero attached hydrogens (tertiary/aromatic N) is 1. The zero-order valence-electron chi connectivity index (χ0n) is 16.1. The van der Waals surface area contributed by atoms with E-state index in [0.29, 0.717) is 11.4 Å². The Balaban J connectivity index is 1.57. The summed E-state index contributed by atoms with van der Waals surface area (Å²) >= 11 is 0. The fourth-order valence-corrected chi connectivity index (χ4v) is 3.98. The molecule has 0 fully saturated rings. The van der Waals surface area contributed by atoms with Gasteiger partial charge in [0.15, 0.2) is 11.6 Å². The normalized spacial score (nSPS) is 11.2. The number of carbonyl (C=O) groups is 1. The highest BCUT2D eigenvalue weighted by atomic mass is 16.3. The molecule has 0 spiro atoms. The monoisotopic (exact) mass is 393 g/mol. The molecule has 0 amide bonds. The van der Waals surface area contributed by atoms with Gasteiger partial charge in [0.25, 0.3) is 0 Å². The second-order valence-corrected chi connectivity index (χ2v) is 7.35. The first-order chi connectivity index (χ1) is 14.6. The first-order valence-corrected chi connectivity index (χ1v) is 9.67. The Bertz CT molecular complexity index is 1420. The van der Waals surface area contributed by atoms with Crippen molar-refractivity contribution in [3.05, 3.63) is 90.0 Å². The highest BCUT2D eigenvalue weighted by Gasteiger charge is 2.14. The smallest absolute Gasteiger partial charge is 0.167 e. The van der Waals surface area contributed by atoms with Crippen molar-refractivity contribution in [2.45, 2.75) is 6.42 Å². The van der Waals surface area contributed by atoms with Gasteiger partial charge in [0, 0.05) is 12.0 Å². The van der Waals surface area contributed by atoms with Gasteiger partial charge < -0.3 is 10.8 Å². The predicted molar refractivity (Wildman–Crippen MR) is 120 cm³/mol. The van der Waals surface area contributed by atoms with Crippen molar-refractivity contribution in [1.82, 2.24) is 10.2 Å². The van der Waals surface area contributed by atoms with Crippen molar-refractivity contribution >= 4 is 33.3 Å². The quantitative estimate of drug-likeness (QED) is 0.371. The van der Waals surface area contributed by atoms with Crippen LogP contribution in [0.3, 0.4) is 0 Å². The second kappa shape index (κ2) is 7.04. The lowest BCUT2D eigenvalue weighted by Crippen LogP contribution is -2.04. The van der Waals surface area contributed by atoms with Gasteiger partial charge >= 0.3 is 0 Å². The van der Waals surface area contributed by atoms with Crippen LogP contribution in [0.25, 0.3) is 32.8 Å². The summed E-state index contributed by atoms with van der Waals surface area (Å²) in [5.74, 6) is 0.645. The molecule has 1 aromatic heterocycles. The van der Waals surface area contributed by atoms with Gasteiger partial charge in [-0.15, -0.1) is 0 Å². The third-order valence-electron chi connectivity index (χ3n) is 5.38. The molecular weight excluding hydrogens is 374 g/mol. The predicted octanol–water partition coefficient (Wildman–Crippen LogP) is 5.10. The van der Waals surface area contributed by atoms with Crippen LogP contribution in [0, 0.1) is 0 Å². The third-order valence-corrected chi connectivity index (χ3v) is 5.38. The molecule has 1 heterocycles. The largest absolute Gasteiger partial charge is 0.508 e.